The number of amides is 1. The molecule has 0 unspecified atom stereocenters. The van der Waals surface area contributed by atoms with Crippen molar-refractivity contribution in [3.05, 3.63) is 42.2 Å². The van der Waals surface area contributed by atoms with Gasteiger partial charge in [0, 0.05) is 25.4 Å². The fraction of sp³-hybridized carbons (Fsp3) is 0.500. The van der Waals surface area contributed by atoms with Crippen LogP contribution < -0.4 is 20.7 Å². The van der Waals surface area contributed by atoms with Gasteiger partial charge in [0.1, 0.15) is 11.9 Å². The summed E-state index contributed by atoms with van der Waals surface area (Å²) >= 11 is 0. The van der Waals surface area contributed by atoms with Gasteiger partial charge in [-0.15, -0.1) is 0 Å². The summed E-state index contributed by atoms with van der Waals surface area (Å²) in [6.07, 6.45) is 8.95. The fourth-order valence-corrected chi connectivity index (χ4v) is 3.84. The molecule has 1 aromatic carbocycles. The standard InChI is InChI=1S/C22H29N5O2/c1-15(11-21(23)28)16-5-7-19(8-6-16)29-20-9-10-27(14-20)18-12-24-22(25-13-18)26-17-3-2-4-17/h5-8,12-13,15,17,20H,2-4,9-11,14H2,1H3,(H2,23,28)(H,24,25,26)/t15-,20+/m0/s1. The Morgan fingerprint density at radius 3 is 2.59 bits per heavy atom. The van der Waals surface area contributed by atoms with Crippen molar-refractivity contribution in [3.8, 4) is 5.75 Å². The van der Waals surface area contributed by atoms with Crippen molar-refractivity contribution in [1.29, 1.82) is 0 Å². The number of nitrogens with two attached hydrogens (primary N) is 1. The first-order valence-corrected chi connectivity index (χ1v) is 10.5. The first kappa shape index (κ1) is 19.5. The predicted octanol–water partition coefficient (Wildman–Crippen LogP) is 3.08. The van der Waals surface area contributed by atoms with Gasteiger partial charge in [-0.1, -0.05) is 19.1 Å². The third kappa shape index (κ3) is 4.96. The van der Waals surface area contributed by atoms with Crippen molar-refractivity contribution in [2.45, 2.75) is 57.1 Å². The first-order chi connectivity index (χ1) is 14.1. The predicted molar refractivity (Wildman–Crippen MR) is 113 cm³/mol. The Bertz CT molecular complexity index is 820. The summed E-state index contributed by atoms with van der Waals surface area (Å²) in [6, 6.07) is 8.50. The van der Waals surface area contributed by atoms with E-state index in [1.807, 2.05) is 43.6 Å². The number of rotatable bonds is 8. The molecule has 3 N–H and O–H groups in total. The summed E-state index contributed by atoms with van der Waals surface area (Å²) in [7, 11) is 0. The summed E-state index contributed by atoms with van der Waals surface area (Å²) < 4.78 is 6.15. The third-order valence-electron chi connectivity index (χ3n) is 5.85. The van der Waals surface area contributed by atoms with Gasteiger partial charge in [0.2, 0.25) is 11.9 Å². The molecular formula is C22H29N5O2. The van der Waals surface area contributed by atoms with Crippen LogP contribution in [-0.2, 0) is 4.79 Å². The topological polar surface area (TPSA) is 93.4 Å². The molecule has 1 amide bonds. The number of carbonyl (C=O) groups excluding carboxylic acids is 1. The summed E-state index contributed by atoms with van der Waals surface area (Å²) in [4.78, 5) is 22.3. The Morgan fingerprint density at radius 2 is 1.97 bits per heavy atom. The third-order valence-corrected chi connectivity index (χ3v) is 5.85. The molecule has 4 rings (SSSR count). The van der Waals surface area contributed by atoms with Crippen molar-refractivity contribution in [2.75, 3.05) is 23.3 Å². The zero-order valence-electron chi connectivity index (χ0n) is 16.9. The van der Waals surface area contributed by atoms with Crippen LogP contribution in [0.2, 0.25) is 0 Å². The smallest absolute Gasteiger partial charge is 0.222 e. The molecule has 7 heteroatoms. The van der Waals surface area contributed by atoms with Crippen LogP contribution >= 0.6 is 0 Å². The molecule has 0 bridgehead atoms. The van der Waals surface area contributed by atoms with Gasteiger partial charge in [-0.2, -0.15) is 0 Å². The van der Waals surface area contributed by atoms with Crippen LogP contribution in [0.15, 0.2) is 36.7 Å². The second kappa shape index (κ2) is 8.68. The second-order valence-electron chi connectivity index (χ2n) is 8.15. The number of nitrogens with zero attached hydrogens (tertiary/aromatic N) is 3. The average molecular weight is 396 g/mol. The molecule has 7 nitrogen and oxygen atoms in total. The summed E-state index contributed by atoms with van der Waals surface area (Å²) in [5, 5.41) is 3.37. The number of anilines is 2. The van der Waals surface area contributed by atoms with E-state index in [0.29, 0.717) is 12.5 Å². The number of carbonyl (C=O) groups is 1. The number of nitrogens with one attached hydrogen (secondary N) is 1. The fourth-order valence-electron chi connectivity index (χ4n) is 3.84. The van der Waals surface area contributed by atoms with Gasteiger partial charge in [0.25, 0.3) is 0 Å². The van der Waals surface area contributed by atoms with Gasteiger partial charge in [-0.05, 0) is 42.9 Å². The van der Waals surface area contributed by atoms with Crippen LogP contribution in [0.25, 0.3) is 0 Å². The number of hydrogen-bond donors (Lipinski definition) is 2. The Labute approximate surface area is 171 Å². The van der Waals surface area contributed by atoms with Gasteiger partial charge in [-0.25, -0.2) is 9.97 Å². The SMILES string of the molecule is C[C@@H](CC(N)=O)c1ccc(O[C@@H]2CCN(c3cnc(NC4CCC4)nc3)C2)cc1. The minimum absolute atomic E-state index is 0.116. The Morgan fingerprint density at radius 1 is 1.24 bits per heavy atom. The van der Waals surface area contributed by atoms with Crippen molar-refractivity contribution in [3.63, 3.8) is 0 Å². The lowest BCUT2D eigenvalue weighted by Crippen LogP contribution is -2.28. The van der Waals surface area contributed by atoms with Crippen LogP contribution in [0.5, 0.6) is 5.75 Å². The molecule has 0 radical (unpaired) electrons. The molecule has 29 heavy (non-hydrogen) atoms. The highest BCUT2D eigenvalue weighted by Gasteiger charge is 2.25. The Kier molecular flexibility index (Phi) is 5.83. The molecule has 0 spiro atoms. The van der Waals surface area contributed by atoms with Crippen LogP contribution in [-0.4, -0.2) is 41.1 Å². The highest BCUT2D eigenvalue weighted by molar-refractivity contribution is 5.74. The van der Waals surface area contributed by atoms with Crippen molar-refractivity contribution in [2.24, 2.45) is 5.73 Å². The quantitative estimate of drug-likeness (QED) is 0.713. The van der Waals surface area contributed by atoms with E-state index >= 15 is 0 Å². The summed E-state index contributed by atoms with van der Waals surface area (Å²) in [5.41, 5.74) is 7.42. The van der Waals surface area contributed by atoms with E-state index in [1.165, 1.54) is 19.3 Å². The molecule has 2 aliphatic rings. The van der Waals surface area contributed by atoms with Gasteiger partial charge in [0.15, 0.2) is 0 Å². The van der Waals surface area contributed by atoms with Gasteiger partial charge in [0.05, 0.1) is 24.6 Å². The minimum Gasteiger partial charge on any atom is -0.489 e. The van der Waals surface area contributed by atoms with E-state index in [-0.39, 0.29) is 17.9 Å². The Hall–Kier alpha value is -2.83. The van der Waals surface area contributed by atoms with Crippen LogP contribution in [0.4, 0.5) is 11.6 Å². The van der Waals surface area contributed by atoms with Crippen LogP contribution in [0.1, 0.15) is 50.5 Å². The average Bonchev–Trinajstić information content (AvgIpc) is 3.14. The molecule has 2 atom stereocenters. The number of benzene rings is 1. The van der Waals surface area contributed by atoms with Gasteiger partial charge in [-0.3, -0.25) is 4.79 Å². The molecule has 2 fully saturated rings. The lowest BCUT2D eigenvalue weighted by Gasteiger charge is -2.26. The normalized spacial score (nSPS) is 20.2. The van der Waals surface area contributed by atoms with Crippen LogP contribution in [0, 0.1) is 0 Å². The largest absolute Gasteiger partial charge is 0.489 e. The molecule has 2 heterocycles. The minimum atomic E-state index is -0.278. The number of primary amides is 1. The van der Waals surface area contributed by atoms with Crippen molar-refractivity contribution < 1.29 is 9.53 Å². The van der Waals surface area contributed by atoms with Crippen LogP contribution in [0.3, 0.4) is 0 Å². The monoisotopic (exact) mass is 395 g/mol. The van der Waals surface area contributed by atoms with Gasteiger partial charge >= 0.3 is 0 Å². The lowest BCUT2D eigenvalue weighted by atomic mass is 9.93. The molecule has 154 valence electrons. The molecule has 1 saturated carbocycles. The number of hydrogen-bond acceptors (Lipinski definition) is 6. The molecule has 1 saturated heterocycles. The van der Waals surface area contributed by atoms with E-state index in [9.17, 15) is 4.79 Å². The van der Waals surface area contributed by atoms with E-state index in [1.54, 1.807) is 0 Å². The highest BCUT2D eigenvalue weighted by Crippen LogP contribution is 2.26. The zero-order chi connectivity index (χ0) is 20.2. The van der Waals surface area contributed by atoms with E-state index in [0.717, 1.165) is 42.5 Å². The van der Waals surface area contributed by atoms with E-state index in [4.69, 9.17) is 10.5 Å². The highest BCUT2D eigenvalue weighted by atomic mass is 16.5. The van der Waals surface area contributed by atoms with Gasteiger partial charge < -0.3 is 20.7 Å². The maximum Gasteiger partial charge on any atom is 0.222 e. The summed E-state index contributed by atoms with van der Waals surface area (Å²) in [6.45, 7) is 3.75. The number of aromatic nitrogens is 2. The summed E-state index contributed by atoms with van der Waals surface area (Å²) in [5.74, 6) is 1.41. The maximum atomic E-state index is 11.1. The van der Waals surface area contributed by atoms with E-state index in [2.05, 4.69) is 20.2 Å². The second-order valence-corrected chi connectivity index (χ2v) is 8.15. The van der Waals surface area contributed by atoms with E-state index < -0.39 is 0 Å². The molecule has 1 aliphatic heterocycles. The van der Waals surface area contributed by atoms with Crippen molar-refractivity contribution in [1.82, 2.24) is 9.97 Å². The zero-order valence-corrected chi connectivity index (χ0v) is 16.9. The first-order valence-electron chi connectivity index (χ1n) is 10.5. The molecule has 1 aliphatic carbocycles. The maximum absolute atomic E-state index is 11.1. The number of ether oxygens (including phenoxy) is 1. The van der Waals surface area contributed by atoms with Crippen molar-refractivity contribution >= 4 is 17.5 Å². The molecular weight excluding hydrogens is 366 g/mol. The molecule has 2 aromatic rings. The molecule has 1 aromatic heterocycles. The Balaban J connectivity index is 1.29. The lowest BCUT2D eigenvalue weighted by molar-refractivity contribution is -0.118.